The Hall–Kier alpha value is -1.80. The van der Waals surface area contributed by atoms with Crippen LogP contribution in [-0.4, -0.2) is 44.6 Å². The van der Waals surface area contributed by atoms with Gasteiger partial charge in [-0.25, -0.2) is 9.78 Å². The third-order valence-electron chi connectivity index (χ3n) is 6.79. The zero-order valence-electron chi connectivity index (χ0n) is 19.4. The van der Waals surface area contributed by atoms with Crippen LogP contribution in [0, 0.1) is 0 Å². The number of rotatable bonds is 5. The highest BCUT2D eigenvalue weighted by atomic mass is 28.4. The standard InChI is InChI=1S/C26H32O5Si/c1-24(2,3)32(19-12-8-6-9-13-19,20-14-10-7-11-15-20)27-18-26-22-17-16-21(29-30-22)23(26)28-25(4,5)31-26/h6-17,21-23H,18H2,1-5H3/t21-,22+,23+,26-/m0/s1. The van der Waals surface area contributed by atoms with Gasteiger partial charge in [0.2, 0.25) is 0 Å². The fourth-order valence-electron chi connectivity index (χ4n) is 5.48. The molecule has 0 radical (unpaired) electrons. The molecular weight excluding hydrogens is 420 g/mol. The summed E-state index contributed by atoms with van der Waals surface area (Å²) >= 11 is 0. The van der Waals surface area contributed by atoms with E-state index in [4.69, 9.17) is 23.7 Å². The zero-order valence-corrected chi connectivity index (χ0v) is 20.4. The van der Waals surface area contributed by atoms with Crippen molar-refractivity contribution in [3.05, 3.63) is 72.8 Å². The van der Waals surface area contributed by atoms with E-state index in [1.54, 1.807) is 0 Å². The van der Waals surface area contributed by atoms with Gasteiger partial charge < -0.3 is 13.9 Å². The molecule has 6 rings (SSSR count). The molecule has 0 N–H and O–H groups in total. The van der Waals surface area contributed by atoms with Gasteiger partial charge in [0.15, 0.2) is 11.4 Å². The minimum absolute atomic E-state index is 0.127. The maximum absolute atomic E-state index is 7.22. The van der Waals surface area contributed by atoms with Crippen molar-refractivity contribution < 1.29 is 23.7 Å². The van der Waals surface area contributed by atoms with Gasteiger partial charge in [0.25, 0.3) is 8.32 Å². The maximum atomic E-state index is 7.22. The van der Waals surface area contributed by atoms with E-state index in [0.717, 1.165) is 0 Å². The van der Waals surface area contributed by atoms with Crippen molar-refractivity contribution in [3.8, 4) is 0 Å². The topological polar surface area (TPSA) is 46.2 Å². The summed E-state index contributed by atoms with van der Waals surface area (Å²) in [5.74, 6) is -0.751. The lowest BCUT2D eigenvalue weighted by Crippen LogP contribution is -2.71. The second kappa shape index (κ2) is 7.62. The van der Waals surface area contributed by atoms with Crippen molar-refractivity contribution in [2.75, 3.05) is 6.61 Å². The molecule has 2 aromatic rings. The van der Waals surface area contributed by atoms with Crippen molar-refractivity contribution in [2.45, 2.75) is 69.4 Å². The lowest BCUT2D eigenvalue weighted by molar-refractivity contribution is -0.408. The van der Waals surface area contributed by atoms with Gasteiger partial charge in [0, 0.05) is 0 Å². The van der Waals surface area contributed by atoms with Gasteiger partial charge >= 0.3 is 0 Å². The molecule has 1 aliphatic carbocycles. The summed E-state index contributed by atoms with van der Waals surface area (Å²) in [6, 6.07) is 21.3. The highest BCUT2D eigenvalue weighted by molar-refractivity contribution is 6.99. The predicted molar refractivity (Wildman–Crippen MR) is 125 cm³/mol. The number of hydrogen-bond acceptors (Lipinski definition) is 5. The summed E-state index contributed by atoms with van der Waals surface area (Å²) in [4.78, 5) is 11.2. The Kier molecular flexibility index (Phi) is 5.24. The van der Waals surface area contributed by atoms with Crippen LogP contribution in [0.1, 0.15) is 34.6 Å². The third-order valence-corrected chi connectivity index (χ3v) is 11.8. The summed E-state index contributed by atoms with van der Waals surface area (Å²) in [5, 5.41) is 2.34. The van der Waals surface area contributed by atoms with Crippen LogP contribution >= 0.6 is 0 Å². The molecule has 3 aliphatic heterocycles. The molecule has 0 saturated carbocycles. The van der Waals surface area contributed by atoms with Crippen molar-refractivity contribution in [2.24, 2.45) is 0 Å². The normalized spacial score (nSPS) is 31.0. The van der Waals surface area contributed by atoms with Gasteiger partial charge in [-0.15, -0.1) is 0 Å². The molecule has 0 spiro atoms. The van der Waals surface area contributed by atoms with Crippen molar-refractivity contribution in [3.63, 3.8) is 0 Å². The van der Waals surface area contributed by atoms with E-state index in [1.165, 1.54) is 10.4 Å². The molecule has 2 fully saturated rings. The molecule has 5 nitrogen and oxygen atoms in total. The highest BCUT2D eigenvalue weighted by Crippen LogP contribution is 2.49. The second-order valence-electron chi connectivity index (χ2n) is 10.4. The van der Waals surface area contributed by atoms with Gasteiger partial charge in [-0.05, 0) is 29.3 Å². The quantitative estimate of drug-likeness (QED) is 0.393. The average Bonchev–Trinajstić information content (AvgIpc) is 3.08. The van der Waals surface area contributed by atoms with Crippen LogP contribution in [0.2, 0.25) is 5.04 Å². The fraction of sp³-hybridized carbons (Fsp3) is 0.462. The summed E-state index contributed by atoms with van der Waals surface area (Å²) in [6.45, 7) is 11.1. The van der Waals surface area contributed by atoms with E-state index < -0.39 is 25.8 Å². The molecule has 6 heteroatoms. The van der Waals surface area contributed by atoms with Crippen molar-refractivity contribution in [1.29, 1.82) is 0 Å². The average molecular weight is 453 g/mol. The van der Waals surface area contributed by atoms with Gasteiger partial charge in [-0.2, -0.15) is 0 Å². The molecule has 170 valence electrons. The third kappa shape index (κ3) is 3.33. The first kappa shape index (κ1) is 22.0. The Labute approximate surface area is 191 Å². The molecule has 2 bridgehead atoms. The zero-order chi connectivity index (χ0) is 22.6. The largest absolute Gasteiger partial charge is 0.404 e. The lowest BCUT2D eigenvalue weighted by atomic mass is 9.82. The molecule has 0 aromatic heterocycles. The molecule has 3 heterocycles. The number of benzene rings is 2. The van der Waals surface area contributed by atoms with Crippen LogP contribution < -0.4 is 10.4 Å². The highest BCUT2D eigenvalue weighted by Gasteiger charge is 2.66. The lowest BCUT2D eigenvalue weighted by Gasteiger charge is -2.49. The first-order valence-electron chi connectivity index (χ1n) is 11.3. The van der Waals surface area contributed by atoms with Gasteiger partial charge in [0.1, 0.15) is 18.3 Å². The molecule has 32 heavy (non-hydrogen) atoms. The summed E-state index contributed by atoms with van der Waals surface area (Å²) in [5.41, 5.74) is -0.770. The van der Waals surface area contributed by atoms with E-state index >= 15 is 0 Å². The van der Waals surface area contributed by atoms with Crippen LogP contribution in [0.25, 0.3) is 0 Å². The first-order valence-corrected chi connectivity index (χ1v) is 13.2. The Morgan fingerprint density at radius 1 is 0.875 bits per heavy atom. The predicted octanol–water partition coefficient (Wildman–Crippen LogP) is 3.72. The van der Waals surface area contributed by atoms with E-state index in [0.29, 0.717) is 6.61 Å². The molecule has 4 atom stereocenters. The van der Waals surface area contributed by atoms with Gasteiger partial charge in [-0.1, -0.05) is 93.6 Å². The monoisotopic (exact) mass is 452 g/mol. The van der Waals surface area contributed by atoms with E-state index in [-0.39, 0.29) is 17.2 Å². The van der Waals surface area contributed by atoms with Gasteiger partial charge in [0.05, 0.1) is 6.61 Å². The summed E-state index contributed by atoms with van der Waals surface area (Å²) in [7, 11) is -2.73. The Balaban J connectivity index is 1.61. The summed E-state index contributed by atoms with van der Waals surface area (Å²) < 4.78 is 20.1. The number of hydrogen-bond donors (Lipinski definition) is 0. The van der Waals surface area contributed by atoms with Crippen LogP contribution in [0.5, 0.6) is 0 Å². The Morgan fingerprint density at radius 3 is 1.97 bits per heavy atom. The fourth-order valence-corrected chi connectivity index (χ4v) is 10.1. The first-order chi connectivity index (χ1) is 15.2. The maximum Gasteiger partial charge on any atom is 0.261 e. The SMILES string of the molecule is CC1(C)O[C@@H]2[C@@H]3C=C[C@@H](OO3)[C@]2(CO[Si](c2ccccc2)(c2ccccc2)C(C)(C)C)O1. The van der Waals surface area contributed by atoms with E-state index in [2.05, 4.69) is 81.4 Å². The molecule has 2 saturated heterocycles. The Bertz CT molecular complexity index is 945. The molecular formula is C26H32O5Si. The van der Waals surface area contributed by atoms with E-state index in [1.807, 2.05) is 26.0 Å². The van der Waals surface area contributed by atoms with Crippen molar-refractivity contribution >= 4 is 18.7 Å². The van der Waals surface area contributed by atoms with Crippen LogP contribution in [-0.2, 0) is 23.7 Å². The number of ether oxygens (including phenoxy) is 2. The smallest absolute Gasteiger partial charge is 0.261 e. The summed E-state index contributed by atoms with van der Waals surface area (Å²) in [6.07, 6.45) is 3.02. The molecule has 2 aromatic carbocycles. The van der Waals surface area contributed by atoms with Gasteiger partial charge in [-0.3, -0.25) is 0 Å². The molecule has 0 amide bonds. The molecule has 0 unspecified atom stereocenters. The van der Waals surface area contributed by atoms with Crippen LogP contribution in [0.4, 0.5) is 0 Å². The second-order valence-corrected chi connectivity index (χ2v) is 14.7. The number of fused-ring (bicyclic) bond motifs is 1. The van der Waals surface area contributed by atoms with Crippen LogP contribution in [0.15, 0.2) is 72.8 Å². The van der Waals surface area contributed by atoms with E-state index in [9.17, 15) is 0 Å². The molecule has 4 aliphatic rings. The van der Waals surface area contributed by atoms with Crippen molar-refractivity contribution in [1.82, 2.24) is 0 Å². The minimum Gasteiger partial charge on any atom is -0.404 e. The minimum atomic E-state index is -2.73. The van der Waals surface area contributed by atoms with Crippen LogP contribution in [0.3, 0.4) is 0 Å². The Morgan fingerprint density at radius 2 is 1.47 bits per heavy atom.